The molecule has 0 N–H and O–H groups in total. The summed E-state index contributed by atoms with van der Waals surface area (Å²) in [5.74, 6) is 0.502. The summed E-state index contributed by atoms with van der Waals surface area (Å²) in [5, 5.41) is 0. The van der Waals surface area contributed by atoms with E-state index >= 15 is 0 Å². The van der Waals surface area contributed by atoms with Gasteiger partial charge in [-0.3, -0.25) is 14.5 Å². The third-order valence-electron chi connectivity index (χ3n) is 6.79. The Balaban J connectivity index is 1.49. The number of aromatic nitrogens is 1. The smallest absolute Gasteiger partial charge is 0.310 e. The Morgan fingerprint density at radius 1 is 1.16 bits per heavy atom. The summed E-state index contributed by atoms with van der Waals surface area (Å²) in [5.41, 5.74) is 2.53. The van der Waals surface area contributed by atoms with Crippen LogP contribution in [0.3, 0.4) is 0 Å². The largest absolute Gasteiger partial charge is 0.497 e. The van der Waals surface area contributed by atoms with Gasteiger partial charge in [0, 0.05) is 25.7 Å². The fourth-order valence-corrected chi connectivity index (χ4v) is 4.71. The lowest BCUT2D eigenvalue weighted by Gasteiger charge is -2.31. The number of esters is 1. The van der Waals surface area contributed by atoms with Crippen LogP contribution < -0.4 is 4.74 Å². The number of carbonyl (C=O) groups excluding carboxylic acids is 2. The van der Waals surface area contributed by atoms with Gasteiger partial charge < -0.3 is 18.8 Å². The monoisotopic (exact) mass is 505 g/mol. The van der Waals surface area contributed by atoms with Gasteiger partial charge in [-0.2, -0.15) is 0 Å². The van der Waals surface area contributed by atoms with Gasteiger partial charge in [0.05, 0.1) is 26.2 Å². The Morgan fingerprint density at radius 2 is 1.97 bits per heavy atom. The Morgan fingerprint density at radius 3 is 2.73 bits per heavy atom. The highest BCUT2D eigenvalue weighted by molar-refractivity contribution is 5.92. The predicted molar refractivity (Wildman–Crippen MR) is 139 cm³/mol. The van der Waals surface area contributed by atoms with E-state index in [1.807, 2.05) is 36.4 Å². The Hall–Kier alpha value is -3.65. The minimum absolute atomic E-state index is 0.0749. The molecular formula is C29H35N3O5. The average molecular weight is 506 g/mol. The summed E-state index contributed by atoms with van der Waals surface area (Å²) in [7, 11) is 1.66. The molecular weight excluding hydrogens is 470 g/mol. The number of nitrogens with zero attached hydrogens (tertiary/aromatic N) is 3. The molecule has 1 fully saturated rings. The van der Waals surface area contributed by atoms with Crippen molar-refractivity contribution >= 4 is 11.9 Å². The third kappa shape index (κ3) is 6.77. The maximum Gasteiger partial charge on any atom is 0.310 e. The molecule has 2 heterocycles. The molecule has 8 heteroatoms. The Bertz CT molecular complexity index is 1180. The zero-order chi connectivity index (χ0) is 26.2. The molecule has 1 aliphatic heterocycles. The van der Waals surface area contributed by atoms with Gasteiger partial charge >= 0.3 is 5.97 Å². The maximum atomic E-state index is 13.2. The second-order valence-electron chi connectivity index (χ2n) is 9.31. The number of amides is 1. The topological polar surface area (TPSA) is 85.1 Å². The van der Waals surface area contributed by atoms with Crippen LogP contribution in [0.25, 0.3) is 0 Å². The summed E-state index contributed by atoms with van der Waals surface area (Å²) in [6, 6.07) is 18.3. The van der Waals surface area contributed by atoms with E-state index in [9.17, 15) is 9.59 Å². The molecule has 0 spiro atoms. The normalized spacial score (nSPS) is 16.4. The van der Waals surface area contributed by atoms with Crippen LogP contribution in [-0.2, 0) is 22.6 Å². The van der Waals surface area contributed by atoms with Gasteiger partial charge in [-0.25, -0.2) is 4.98 Å². The van der Waals surface area contributed by atoms with E-state index in [0.29, 0.717) is 38.7 Å². The zero-order valence-corrected chi connectivity index (χ0v) is 21.8. The SMILES string of the molecule is CCOC(=O)[C@@H]1CCCN(C(=O)c2coc(CN(Cc3cccc(OC)c3)[C@@H](C)c3ccccc3)n2)C1. The molecule has 3 aromatic rings. The van der Waals surface area contributed by atoms with Gasteiger partial charge in [-0.05, 0) is 49.9 Å². The lowest BCUT2D eigenvalue weighted by atomic mass is 9.98. The van der Waals surface area contributed by atoms with Crippen molar-refractivity contribution in [1.29, 1.82) is 0 Å². The third-order valence-corrected chi connectivity index (χ3v) is 6.79. The summed E-state index contributed by atoms with van der Waals surface area (Å²) in [6.07, 6.45) is 2.90. The molecule has 0 radical (unpaired) electrons. The number of oxazole rings is 1. The minimum Gasteiger partial charge on any atom is -0.497 e. The number of benzene rings is 2. The van der Waals surface area contributed by atoms with E-state index in [1.165, 1.54) is 11.8 Å². The lowest BCUT2D eigenvalue weighted by Crippen LogP contribution is -2.43. The van der Waals surface area contributed by atoms with Crippen molar-refractivity contribution in [2.75, 3.05) is 26.8 Å². The minimum atomic E-state index is -0.297. The maximum absolute atomic E-state index is 13.2. The highest BCUT2D eigenvalue weighted by atomic mass is 16.5. The van der Waals surface area contributed by atoms with Crippen LogP contribution in [0.5, 0.6) is 5.75 Å². The van der Waals surface area contributed by atoms with E-state index in [1.54, 1.807) is 18.9 Å². The summed E-state index contributed by atoms with van der Waals surface area (Å²) in [6.45, 7) is 6.27. The Kier molecular flexibility index (Phi) is 8.95. The van der Waals surface area contributed by atoms with Gasteiger partial charge in [-0.1, -0.05) is 42.5 Å². The summed E-state index contributed by atoms with van der Waals surface area (Å²) in [4.78, 5) is 33.8. The molecule has 0 bridgehead atoms. The fraction of sp³-hybridized carbons (Fsp3) is 0.414. The van der Waals surface area contributed by atoms with E-state index in [4.69, 9.17) is 13.9 Å². The van der Waals surface area contributed by atoms with Crippen LogP contribution in [0.15, 0.2) is 65.3 Å². The van der Waals surface area contributed by atoms with Crippen LogP contribution >= 0.6 is 0 Å². The first-order chi connectivity index (χ1) is 18.0. The standard InChI is InChI=1S/C29H35N3O5/c1-4-36-29(34)24-13-9-15-31(18-24)28(33)26-20-37-27(30-26)19-32(21(2)23-11-6-5-7-12-23)17-22-10-8-14-25(16-22)35-3/h5-8,10-12,14,16,20-21,24H,4,9,13,15,17-19H2,1-3H3/t21-,24+/m0/s1. The molecule has 1 aromatic heterocycles. The fourth-order valence-electron chi connectivity index (χ4n) is 4.71. The number of hydrogen-bond acceptors (Lipinski definition) is 7. The molecule has 4 rings (SSSR count). The van der Waals surface area contributed by atoms with Crippen LogP contribution in [0.2, 0.25) is 0 Å². The molecule has 1 aliphatic rings. The number of ether oxygens (including phenoxy) is 2. The highest BCUT2D eigenvalue weighted by Crippen LogP contribution is 2.26. The molecule has 0 aliphatic carbocycles. The molecule has 196 valence electrons. The number of carbonyl (C=O) groups is 2. The van der Waals surface area contributed by atoms with Crippen LogP contribution in [0, 0.1) is 5.92 Å². The molecule has 0 saturated carbocycles. The van der Waals surface area contributed by atoms with Gasteiger partial charge in [0.15, 0.2) is 5.69 Å². The van der Waals surface area contributed by atoms with E-state index in [-0.39, 0.29) is 29.5 Å². The number of hydrogen-bond donors (Lipinski definition) is 0. The molecule has 1 amide bonds. The number of methoxy groups -OCH3 is 1. The average Bonchev–Trinajstić information content (AvgIpc) is 3.41. The zero-order valence-electron chi connectivity index (χ0n) is 21.8. The van der Waals surface area contributed by atoms with Crippen LogP contribution in [0.4, 0.5) is 0 Å². The van der Waals surface area contributed by atoms with E-state index in [2.05, 4.69) is 35.0 Å². The van der Waals surface area contributed by atoms with Gasteiger partial charge in [0.25, 0.3) is 5.91 Å². The predicted octanol–water partition coefficient (Wildman–Crippen LogP) is 4.86. The molecule has 0 unspecified atom stereocenters. The van der Waals surface area contributed by atoms with Gasteiger partial charge in [-0.15, -0.1) is 0 Å². The van der Waals surface area contributed by atoms with E-state index < -0.39 is 0 Å². The second-order valence-corrected chi connectivity index (χ2v) is 9.31. The van der Waals surface area contributed by atoms with Crippen molar-refractivity contribution in [1.82, 2.24) is 14.8 Å². The van der Waals surface area contributed by atoms with Gasteiger partial charge in [0.1, 0.15) is 12.0 Å². The van der Waals surface area contributed by atoms with Crippen molar-refractivity contribution in [2.24, 2.45) is 5.92 Å². The summed E-state index contributed by atoms with van der Waals surface area (Å²) >= 11 is 0. The van der Waals surface area contributed by atoms with Crippen LogP contribution in [0.1, 0.15) is 60.2 Å². The molecule has 37 heavy (non-hydrogen) atoms. The van der Waals surface area contributed by atoms with Crippen molar-refractivity contribution < 1.29 is 23.5 Å². The van der Waals surface area contributed by atoms with E-state index in [0.717, 1.165) is 24.2 Å². The summed E-state index contributed by atoms with van der Waals surface area (Å²) < 4.78 is 16.3. The first-order valence-corrected chi connectivity index (χ1v) is 12.8. The number of piperidine rings is 1. The first-order valence-electron chi connectivity index (χ1n) is 12.8. The highest BCUT2D eigenvalue weighted by Gasteiger charge is 2.31. The van der Waals surface area contributed by atoms with Crippen molar-refractivity contribution in [3.8, 4) is 5.75 Å². The number of rotatable bonds is 10. The molecule has 1 saturated heterocycles. The Labute approximate surface area is 218 Å². The van der Waals surface area contributed by atoms with Crippen molar-refractivity contribution in [2.45, 2.75) is 45.8 Å². The first kappa shape index (κ1) is 26.4. The molecule has 2 aromatic carbocycles. The molecule has 8 nitrogen and oxygen atoms in total. The quantitative estimate of drug-likeness (QED) is 0.364. The van der Waals surface area contributed by atoms with Crippen molar-refractivity contribution in [3.63, 3.8) is 0 Å². The number of likely N-dealkylation sites (tertiary alicyclic amines) is 1. The van der Waals surface area contributed by atoms with Gasteiger partial charge in [0.2, 0.25) is 5.89 Å². The van der Waals surface area contributed by atoms with Crippen LogP contribution in [-0.4, -0.2) is 53.5 Å². The second kappa shape index (κ2) is 12.5. The molecule has 2 atom stereocenters. The van der Waals surface area contributed by atoms with Crippen molar-refractivity contribution in [3.05, 3.63) is 83.6 Å². The lowest BCUT2D eigenvalue weighted by molar-refractivity contribution is -0.149.